The first-order valence-electron chi connectivity index (χ1n) is 9.93. The molecule has 0 radical (unpaired) electrons. The predicted molar refractivity (Wildman–Crippen MR) is 114 cm³/mol. The molecular weight excluding hydrogens is 368 g/mol. The minimum atomic E-state index is -0.451. The van der Waals surface area contributed by atoms with E-state index in [4.69, 9.17) is 0 Å². The largest absolute Gasteiger partial charge is 0.332 e. The topological polar surface area (TPSA) is 100 Å². The molecule has 4 heterocycles. The smallest absolute Gasteiger partial charge is 0.263 e. The predicted octanol–water partition coefficient (Wildman–Crippen LogP) is 2.00. The molecule has 2 aromatic heterocycles. The molecule has 2 aliphatic rings. The lowest BCUT2D eigenvalue weighted by atomic mass is 9.91. The molecule has 1 saturated heterocycles. The Hall–Kier alpha value is -3.00. The van der Waals surface area contributed by atoms with Crippen LogP contribution in [0.5, 0.6) is 0 Å². The van der Waals surface area contributed by atoms with Crippen LogP contribution in [0.3, 0.4) is 0 Å². The van der Waals surface area contributed by atoms with Crippen LogP contribution in [0.15, 0.2) is 28.1 Å². The maximum atomic E-state index is 12.6. The van der Waals surface area contributed by atoms with Crippen LogP contribution < -0.4 is 21.5 Å². The van der Waals surface area contributed by atoms with Gasteiger partial charge >= 0.3 is 0 Å². The van der Waals surface area contributed by atoms with Gasteiger partial charge in [0, 0.05) is 25.0 Å². The summed E-state index contributed by atoms with van der Waals surface area (Å²) in [5.41, 5.74) is 2.57. The Morgan fingerprint density at radius 3 is 2.69 bits per heavy atom. The lowest BCUT2D eigenvalue weighted by Gasteiger charge is -2.26. The van der Waals surface area contributed by atoms with Gasteiger partial charge in [-0.3, -0.25) is 14.2 Å². The summed E-state index contributed by atoms with van der Waals surface area (Å²) in [6.45, 7) is 5.29. The molecule has 0 aliphatic carbocycles. The molecule has 0 bridgehead atoms. The number of rotatable bonds is 4. The van der Waals surface area contributed by atoms with Gasteiger partial charge in [-0.1, -0.05) is 6.07 Å². The van der Waals surface area contributed by atoms with E-state index in [9.17, 15) is 9.59 Å². The number of Topliss-reactive ketones (excluding diaryl/α,β-unsaturated/α-hetero) is 1. The van der Waals surface area contributed by atoms with Crippen LogP contribution in [0.4, 0.5) is 11.6 Å². The maximum Gasteiger partial charge on any atom is 0.263 e. The molecule has 4 rings (SSSR count). The van der Waals surface area contributed by atoms with Gasteiger partial charge in [-0.15, -0.1) is 0 Å². The van der Waals surface area contributed by atoms with Crippen LogP contribution in [0.2, 0.25) is 0 Å². The van der Waals surface area contributed by atoms with Gasteiger partial charge in [0.05, 0.1) is 5.56 Å². The molecule has 2 aromatic rings. The van der Waals surface area contributed by atoms with Crippen molar-refractivity contribution in [3.8, 4) is 0 Å². The highest BCUT2D eigenvalue weighted by Crippen LogP contribution is 2.26. The van der Waals surface area contributed by atoms with Gasteiger partial charge in [0.2, 0.25) is 0 Å². The van der Waals surface area contributed by atoms with E-state index in [2.05, 4.69) is 32.0 Å². The highest BCUT2D eigenvalue weighted by atomic mass is 16.1. The lowest BCUT2D eigenvalue weighted by molar-refractivity contribution is 0.101. The first kappa shape index (κ1) is 19.3. The van der Waals surface area contributed by atoms with Gasteiger partial charge in [0.1, 0.15) is 11.6 Å². The van der Waals surface area contributed by atoms with Gasteiger partial charge in [0.25, 0.3) is 5.56 Å². The number of hydrogen-bond acceptors (Lipinski definition) is 7. The maximum absolute atomic E-state index is 12.6. The summed E-state index contributed by atoms with van der Waals surface area (Å²) in [5, 5.41) is 9.85. The molecule has 0 aromatic carbocycles. The van der Waals surface area contributed by atoms with Crippen LogP contribution in [-0.4, -0.2) is 40.9 Å². The van der Waals surface area contributed by atoms with Crippen molar-refractivity contribution in [2.24, 2.45) is 12.0 Å². The second-order valence-corrected chi connectivity index (χ2v) is 7.65. The van der Waals surface area contributed by atoms with E-state index in [0.29, 0.717) is 23.1 Å². The fraction of sp³-hybridized carbons (Fsp3) is 0.429. The number of aliphatic imine (C=N–C) groups is 1. The zero-order valence-electron chi connectivity index (χ0n) is 17.0. The number of carbonyl (C=O) groups excluding carboxylic acids is 1. The molecule has 8 heteroatoms. The summed E-state index contributed by atoms with van der Waals surface area (Å²) < 4.78 is 1.46. The number of piperidine rings is 1. The molecule has 0 spiro atoms. The fourth-order valence-electron chi connectivity index (χ4n) is 4.09. The van der Waals surface area contributed by atoms with Crippen molar-refractivity contribution >= 4 is 23.6 Å². The molecule has 1 fully saturated rings. The Bertz CT molecular complexity index is 1020. The third-order valence-corrected chi connectivity index (χ3v) is 5.75. The zero-order valence-corrected chi connectivity index (χ0v) is 17.0. The van der Waals surface area contributed by atoms with Crippen LogP contribution in [-0.2, 0) is 7.05 Å². The summed E-state index contributed by atoms with van der Waals surface area (Å²) in [6.07, 6.45) is 5.45. The van der Waals surface area contributed by atoms with E-state index in [-0.39, 0.29) is 16.9 Å². The molecule has 152 valence electrons. The van der Waals surface area contributed by atoms with Crippen LogP contribution in [0, 0.1) is 6.92 Å². The monoisotopic (exact) mass is 394 g/mol. The van der Waals surface area contributed by atoms with Crippen molar-refractivity contribution in [1.29, 1.82) is 0 Å². The molecule has 29 heavy (non-hydrogen) atoms. The normalized spacial score (nSPS) is 18.8. The lowest BCUT2D eigenvalue weighted by Crippen LogP contribution is -2.36. The number of carbonyl (C=O) groups is 1. The number of fused-ring (bicyclic) bond motifs is 1. The number of aromatic nitrogens is 2. The average Bonchev–Trinajstić information content (AvgIpc) is 2.73. The Labute approximate surface area is 169 Å². The van der Waals surface area contributed by atoms with Crippen molar-refractivity contribution in [3.63, 3.8) is 0 Å². The first-order valence-corrected chi connectivity index (χ1v) is 9.93. The van der Waals surface area contributed by atoms with E-state index in [1.54, 1.807) is 20.2 Å². The SMILES string of the molecule is CC(=O)c1c(C)c2c(n(C)c1=O)NC(Nc1ccc(C3CCNCC3)cn1)N=C2. The molecule has 1 atom stereocenters. The number of nitrogens with zero attached hydrogens (tertiary/aromatic N) is 3. The highest BCUT2D eigenvalue weighted by Gasteiger charge is 2.24. The molecular formula is C21H26N6O2. The molecule has 2 aliphatic heterocycles. The minimum absolute atomic E-state index is 0.209. The highest BCUT2D eigenvalue weighted by molar-refractivity contribution is 6.00. The summed E-state index contributed by atoms with van der Waals surface area (Å²) in [6, 6.07) is 4.08. The van der Waals surface area contributed by atoms with Crippen molar-refractivity contribution in [2.45, 2.75) is 38.9 Å². The molecule has 1 unspecified atom stereocenters. The Morgan fingerprint density at radius 1 is 1.28 bits per heavy atom. The summed E-state index contributed by atoms with van der Waals surface area (Å²) in [4.78, 5) is 33.5. The quantitative estimate of drug-likeness (QED) is 0.686. The van der Waals surface area contributed by atoms with Crippen molar-refractivity contribution < 1.29 is 4.79 Å². The van der Waals surface area contributed by atoms with Crippen LogP contribution >= 0.6 is 0 Å². The first-order chi connectivity index (χ1) is 14.0. The third-order valence-electron chi connectivity index (χ3n) is 5.75. The number of nitrogens with one attached hydrogen (secondary N) is 3. The van der Waals surface area contributed by atoms with Gasteiger partial charge in [0.15, 0.2) is 12.1 Å². The van der Waals surface area contributed by atoms with Gasteiger partial charge in [-0.05, 0) is 62.9 Å². The van der Waals surface area contributed by atoms with E-state index in [0.717, 1.165) is 31.5 Å². The van der Waals surface area contributed by atoms with Crippen molar-refractivity contribution in [1.82, 2.24) is 14.9 Å². The molecule has 3 N–H and O–H groups in total. The fourth-order valence-corrected chi connectivity index (χ4v) is 4.09. The molecule has 8 nitrogen and oxygen atoms in total. The minimum Gasteiger partial charge on any atom is -0.332 e. The zero-order chi connectivity index (χ0) is 20.5. The second-order valence-electron chi connectivity index (χ2n) is 7.65. The second kappa shape index (κ2) is 7.79. The average molecular weight is 394 g/mol. The Balaban J connectivity index is 1.53. The van der Waals surface area contributed by atoms with Gasteiger partial charge in [-0.2, -0.15) is 0 Å². The number of pyridine rings is 2. The van der Waals surface area contributed by atoms with Crippen LogP contribution in [0.1, 0.15) is 52.7 Å². The van der Waals surface area contributed by atoms with E-state index in [1.165, 1.54) is 17.1 Å². The van der Waals surface area contributed by atoms with Crippen molar-refractivity contribution in [2.75, 3.05) is 23.7 Å². The van der Waals surface area contributed by atoms with Gasteiger partial charge < -0.3 is 16.0 Å². The Kier molecular flexibility index (Phi) is 5.19. The van der Waals surface area contributed by atoms with E-state index < -0.39 is 6.29 Å². The molecule has 0 amide bonds. The van der Waals surface area contributed by atoms with E-state index >= 15 is 0 Å². The Morgan fingerprint density at radius 2 is 2.03 bits per heavy atom. The van der Waals surface area contributed by atoms with Crippen LogP contribution in [0.25, 0.3) is 0 Å². The van der Waals surface area contributed by atoms with Crippen molar-refractivity contribution in [3.05, 3.63) is 50.9 Å². The number of anilines is 2. The summed E-state index contributed by atoms with van der Waals surface area (Å²) in [7, 11) is 1.66. The summed E-state index contributed by atoms with van der Waals surface area (Å²) in [5.74, 6) is 1.67. The molecule has 0 saturated carbocycles. The number of ketones is 1. The third kappa shape index (κ3) is 3.67. The van der Waals surface area contributed by atoms with E-state index in [1.807, 2.05) is 12.3 Å². The standard InChI is InChI=1S/C21H26N6O2/c1-12-16-11-24-21(26-19(16)27(3)20(29)18(12)13(2)28)25-17-5-4-15(10-23-17)14-6-8-22-9-7-14/h4-5,10-11,14,21-22,26H,6-9H2,1-3H3,(H,23,25). The number of hydrogen-bond donors (Lipinski definition) is 3. The summed E-state index contributed by atoms with van der Waals surface area (Å²) >= 11 is 0. The van der Waals surface area contributed by atoms with Gasteiger partial charge in [-0.25, -0.2) is 9.98 Å².